The van der Waals surface area contributed by atoms with Gasteiger partial charge in [-0.05, 0) is 26.3 Å². The molecule has 3 heterocycles. The van der Waals surface area contributed by atoms with E-state index in [1.807, 2.05) is 19.9 Å². The van der Waals surface area contributed by atoms with E-state index in [0.717, 1.165) is 36.9 Å². The molecule has 0 bridgehead atoms. The van der Waals surface area contributed by atoms with Crippen molar-refractivity contribution < 1.29 is 13.9 Å². The molecule has 2 aromatic heterocycles. The van der Waals surface area contributed by atoms with Crippen LogP contribution in [0.15, 0.2) is 22.9 Å². The molecule has 134 valence electrons. The summed E-state index contributed by atoms with van der Waals surface area (Å²) in [5, 5.41) is 3.26. The van der Waals surface area contributed by atoms with Crippen molar-refractivity contribution in [3.63, 3.8) is 0 Å². The van der Waals surface area contributed by atoms with Gasteiger partial charge in [0.25, 0.3) is 5.91 Å². The van der Waals surface area contributed by atoms with E-state index in [-0.39, 0.29) is 5.91 Å². The Hall–Kier alpha value is -2.41. The highest BCUT2D eigenvalue weighted by Gasteiger charge is 2.20. The zero-order valence-corrected chi connectivity index (χ0v) is 14.9. The smallest absolute Gasteiger partial charge is 0.257 e. The van der Waals surface area contributed by atoms with Crippen molar-refractivity contribution in [2.45, 2.75) is 26.2 Å². The zero-order valence-electron chi connectivity index (χ0n) is 14.9. The van der Waals surface area contributed by atoms with Crippen LogP contribution in [0.2, 0.25) is 0 Å². The third-order valence-corrected chi connectivity index (χ3v) is 4.41. The molecule has 1 atom stereocenters. The van der Waals surface area contributed by atoms with Crippen molar-refractivity contribution in [3.05, 3.63) is 41.2 Å². The summed E-state index contributed by atoms with van der Waals surface area (Å²) in [4.78, 5) is 22.7. The van der Waals surface area contributed by atoms with Crippen LogP contribution in [0.3, 0.4) is 0 Å². The van der Waals surface area contributed by atoms with Crippen LogP contribution in [0, 0.1) is 13.8 Å². The van der Waals surface area contributed by atoms with Crippen LogP contribution in [0.4, 0.5) is 5.82 Å². The van der Waals surface area contributed by atoms with Gasteiger partial charge in [-0.3, -0.25) is 4.79 Å². The van der Waals surface area contributed by atoms with Gasteiger partial charge in [-0.2, -0.15) is 0 Å². The second kappa shape index (κ2) is 7.65. The molecule has 0 saturated carbocycles. The number of likely N-dealkylation sites (N-methyl/N-ethyl adjacent to an activating group) is 1. The molecule has 2 aromatic rings. The van der Waals surface area contributed by atoms with E-state index in [9.17, 15) is 4.79 Å². The molecule has 0 aromatic carbocycles. The molecule has 1 fully saturated rings. The second-order valence-electron chi connectivity index (χ2n) is 6.37. The number of amides is 1. The van der Waals surface area contributed by atoms with Gasteiger partial charge in [-0.15, -0.1) is 0 Å². The number of carbonyl (C=O) groups excluding carboxylic acids is 1. The quantitative estimate of drug-likeness (QED) is 0.866. The lowest BCUT2D eigenvalue weighted by atomic mass is 10.1. The minimum absolute atomic E-state index is 0.0392. The average molecular weight is 344 g/mol. The summed E-state index contributed by atoms with van der Waals surface area (Å²) in [6.45, 7) is 6.33. The van der Waals surface area contributed by atoms with Gasteiger partial charge in [-0.25, -0.2) is 9.97 Å². The zero-order chi connectivity index (χ0) is 17.8. The lowest BCUT2D eigenvalue weighted by Crippen LogP contribution is -2.31. The Bertz CT molecular complexity index is 738. The van der Waals surface area contributed by atoms with Gasteiger partial charge in [0.2, 0.25) is 0 Å². The van der Waals surface area contributed by atoms with Crippen LogP contribution >= 0.6 is 0 Å². The lowest BCUT2D eigenvalue weighted by Gasteiger charge is -2.17. The fourth-order valence-corrected chi connectivity index (χ4v) is 2.96. The molecule has 7 nitrogen and oxygen atoms in total. The first-order valence-corrected chi connectivity index (χ1v) is 8.50. The van der Waals surface area contributed by atoms with Crippen LogP contribution in [0.5, 0.6) is 0 Å². The van der Waals surface area contributed by atoms with E-state index >= 15 is 0 Å². The van der Waals surface area contributed by atoms with Crippen LogP contribution in [-0.2, 0) is 4.74 Å². The first kappa shape index (κ1) is 17.4. The molecule has 1 saturated heterocycles. The Morgan fingerprint density at radius 3 is 2.88 bits per heavy atom. The molecule has 25 heavy (non-hydrogen) atoms. The standard InChI is InChI=1S/C18H24N4O3/c1-12-8-15(13(2)25-12)18(23)22(3)6-5-19-17-9-16(20-11-21-17)14-4-7-24-10-14/h8-9,11,14H,4-7,10H2,1-3H3,(H,19,20,21)/t14-/m1/s1. The van der Waals surface area contributed by atoms with Gasteiger partial charge in [0, 0.05) is 38.7 Å². The summed E-state index contributed by atoms with van der Waals surface area (Å²) in [6, 6.07) is 3.74. The Kier molecular flexibility index (Phi) is 5.33. The van der Waals surface area contributed by atoms with Crippen molar-refractivity contribution in [2.24, 2.45) is 0 Å². The molecule has 1 aliphatic heterocycles. The predicted molar refractivity (Wildman–Crippen MR) is 93.8 cm³/mol. The maximum Gasteiger partial charge on any atom is 0.257 e. The van der Waals surface area contributed by atoms with E-state index in [1.54, 1.807) is 24.3 Å². The number of furan rings is 1. The van der Waals surface area contributed by atoms with Crippen LogP contribution in [0.25, 0.3) is 0 Å². The molecule has 7 heteroatoms. The number of nitrogens with zero attached hydrogens (tertiary/aromatic N) is 3. The van der Waals surface area contributed by atoms with Crippen LogP contribution in [0.1, 0.15) is 39.9 Å². The summed E-state index contributed by atoms with van der Waals surface area (Å²) >= 11 is 0. The molecule has 1 aliphatic rings. The summed E-state index contributed by atoms with van der Waals surface area (Å²) < 4.78 is 10.8. The Morgan fingerprint density at radius 2 is 2.20 bits per heavy atom. The highest BCUT2D eigenvalue weighted by molar-refractivity contribution is 5.95. The monoisotopic (exact) mass is 344 g/mol. The maximum atomic E-state index is 12.4. The van der Waals surface area contributed by atoms with Gasteiger partial charge in [-0.1, -0.05) is 0 Å². The summed E-state index contributed by atoms with van der Waals surface area (Å²) in [5.41, 5.74) is 1.62. The van der Waals surface area contributed by atoms with Crippen molar-refractivity contribution in [1.82, 2.24) is 14.9 Å². The molecule has 3 rings (SSSR count). The number of anilines is 1. The molecule has 0 aliphatic carbocycles. The third-order valence-electron chi connectivity index (χ3n) is 4.41. The molecule has 0 spiro atoms. The molecule has 1 amide bonds. The highest BCUT2D eigenvalue weighted by Crippen LogP contribution is 2.24. The number of aryl methyl sites for hydroxylation is 2. The average Bonchev–Trinajstić information content (AvgIpc) is 3.24. The minimum Gasteiger partial charge on any atom is -0.466 e. The van der Waals surface area contributed by atoms with E-state index in [0.29, 0.717) is 30.3 Å². The van der Waals surface area contributed by atoms with Gasteiger partial charge >= 0.3 is 0 Å². The number of hydrogen-bond acceptors (Lipinski definition) is 6. The minimum atomic E-state index is -0.0392. The first-order valence-electron chi connectivity index (χ1n) is 8.50. The van der Waals surface area contributed by atoms with E-state index in [2.05, 4.69) is 15.3 Å². The third kappa shape index (κ3) is 4.17. The second-order valence-corrected chi connectivity index (χ2v) is 6.37. The van der Waals surface area contributed by atoms with Crippen molar-refractivity contribution >= 4 is 11.7 Å². The van der Waals surface area contributed by atoms with Crippen molar-refractivity contribution in [2.75, 3.05) is 38.7 Å². The number of rotatable bonds is 6. The van der Waals surface area contributed by atoms with E-state index in [4.69, 9.17) is 9.15 Å². The number of hydrogen-bond donors (Lipinski definition) is 1. The molecular weight excluding hydrogens is 320 g/mol. The van der Waals surface area contributed by atoms with Gasteiger partial charge in [0.15, 0.2) is 0 Å². The van der Waals surface area contributed by atoms with E-state index < -0.39 is 0 Å². The fraction of sp³-hybridized carbons (Fsp3) is 0.500. The molecule has 0 unspecified atom stereocenters. The molecular formula is C18H24N4O3. The largest absolute Gasteiger partial charge is 0.466 e. The number of carbonyl (C=O) groups is 1. The summed E-state index contributed by atoms with van der Waals surface area (Å²) in [7, 11) is 1.78. The maximum absolute atomic E-state index is 12.4. The number of ether oxygens (including phenoxy) is 1. The number of aromatic nitrogens is 2. The molecule has 0 radical (unpaired) electrons. The Morgan fingerprint density at radius 1 is 1.36 bits per heavy atom. The lowest BCUT2D eigenvalue weighted by molar-refractivity contribution is 0.0798. The first-order chi connectivity index (χ1) is 12.0. The Labute approximate surface area is 147 Å². The highest BCUT2D eigenvalue weighted by atomic mass is 16.5. The van der Waals surface area contributed by atoms with Crippen LogP contribution < -0.4 is 5.32 Å². The van der Waals surface area contributed by atoms with Crippen molar-refractivity contribution in [3.8, 4) is 0 Å². The normalized spacial score (nSPS) is 16.8. The topological polar surface area (TPSA) is 80.5 Å². The van der Waals surface area contributed by atoms with Gasteiger partial charge in [0.1, 0.15) is 23.7 Å². The summed E-state index contributed by atoms with van der Waals surface area (Å²) in [5.74, 6) is 2.48. The van der Waals surface area contributed by atoms with Crippen LogP contribution in [-0.4, -0.2) is 54.1 Å². The van der Waals surface area contributed by atoms with Gasteiger partial charge in [0.05, 0.1) is 17.9 Å². The SMILES string of the molecule is Cc1cc(C(=O)N(C)CCNc2cc([C@@H]3CCOC3)ncn2)c(C)o1. The van der Waals surface area contributed by atoms with Gasteiger partial charge < -0.3 is 19.4 Å². The van der Waals surface area contributed by atoms with E-state index in [1.165, 1.54) is 0 Å². The Balaban J connectivity index is 1.53. The predicted octanol–water partition coefficient (Wildman–Crippen LogP) is 2.37. The number of nitrogens with one attached hydrogen (secondary N) is 1. The molecule has 1 N–H and O–H groups in total. The summed E-state index contributed by atoms with van der Waals surface area (Å²) in [6.07, 6.45) is 2.57. The fourth-order valence-electron chi connectivity index (χ4n) is 2.96. The van der Waals surface area contributed by atoms with Crippen molar-refractivity contribution in [1.29, 1.82) is 0 Å².